The van der Waals surface area contributed by atoms with Gasteiger partial charge in [0.05, 0.1) is 5.92 Å². The average molecular weight is 282 g/mol. The van der Waals surface area contributed by atoms with Crippen LogP contribution in [-0.4, -0.2) is 29.7 Å². The van der Waals surface area contributed by atoms with E-state index in [2.05, 4.69) is 17.6 Å². The molecule has 2 atom stereocenters. The van der Waals surface area contributed by atoms with E-state index in [1.54, 1.807) is 0 Å². The third-order valence-corrected chi connectivity index (χ3v) is 4.89. The van der Waals surface area contributed by atoms with Crippen molar-refractivity contribution in [3.63, 3.8) is 0 Å². The molecule has 2 amide bonds. The fraction of sp³-hybridized carbons (Fsp3) is 0.867. The van der Waals surface area contributed by atoms with Gasteiger partial charge in [-0.25, -0.2) is 4.79 Å². The average Bonchev–Trinajstić information content (AvgIpc) is 2.59. The summed E-state index contributed by atoms with van der Waals surface area (Å²) in [7, 11) is 0. The zero-order valence-electron chi connectivity index (χ0n) is 12.3. The van der Waals surface area contributed by atoms with Crippen molar-refractivity contribution in [3.05, 3.63) is 0 Å². The van der Waals surface area contributed by atoms with Crippen molar-refractivity contribution in [3.8, 4) is 0 Å². The quantitative estimate of drug-likeness (QED) is 0.693. The van der Waals surface area contributed by atoms with Gasteiger partial charge in [0.2, 0.25) is 0 Å². The number of aliphatic carboxylic acids is 1. The molecule has 2 aliphatic carbocycles. The lowest BCUT2D eigenvalue weighted by molar-refractivity contribution is -0.142. The topological polar surface area (TPSA) is 78.4 Å². The molecule has 2 rings (SSSR count). The third-order valence-electron chi connectivity index (χ3n) is 4.89. The van der Waals surface area contributed by atoms with E-state index >= 15 is 0 Å². The highest BCUT2D eigenvalue weighted by molar-refractivity contribution is 5.76. The molecule has 0 aliphatic heterocycles. The summed E-state index contributed by atoms with van der Waals surface area (Å²) in [6.07, 6.45) is 7.98. The monoisotopic (exact) mass is 282 g/mol. The predicted octanol–water partition coefficient (Wildman–Crippen LogP) is 2.51. The molecule has 3 N–H and O–H groups in total. The Labute approximate surface area is 120 Å². The largest absolute Gasteiger partial charge is 0.481 e. The molecule has 0 aromatic heterocycles. The van der Waals surface area contributed by atoms with Crippen LogP contribution in [0.1, 0.15) is 58.3 Å². The van der Waals surface area contributed by atoms with Gasteiger partial charge in [0.25, 0.3) is 0 Å². The highest BCUT2D eigenvalue weighted by Crippen LogP contribution is 2.39. The SMILES string of the molecule is CC1(CNC(=O)NC2CCCCCC2C(=O)O)CCC1. The Morgan fingerprint density at radius 3 is 2.45 bits per heavy atom. The van der Waals surface area contributed by atoms with E-state index in [4.69, 9.17) is 0 Å². The Hall–Kier alpha value is -1.26. The molecule has 2 fully saturated rings. The first kappa shape index (κ1) is 15.1. The summed E-state index contributed by atoms with van der Waals surface area (Å²) in [4.78, 5) is 23.3. The van der Waals surface area contributed by atoms with Crippen molar-refractivity contribution in [2.75, 3.05) is 6.54 Å². The zero-order chi connectivity index (χ0) is 14.6. The lowest BCUT2D eigenvalue weighted by atomic mass is 9.70. The first-order valence-corrected chi connectivity index (χ1v) is 7.77. The van der Waals surface area contributed by atoms with Crippen LogP contribution in [0.3, 0.4) is 0 Å². The van der Waals surface area contributed by atoms with Gasteiger partial charge < -0.3 is 15.7 Å². The molecule has 2 unspecified atom stereocenters. The summed E-state index contributed by atoms with van der Waals surface area (Å²) in [5, 5.41) is 15.1. The third kappa shape index (κ3) is 3.87. The van der Waals surface area contributed by atoms with Gasteiger partial charge in [-0.2, -0.15) is 0 Å². The van der Waals surface area contributed by atoms with E-state index in [0.29, 0.717) is 13.0 Å². The van der Waals surface area contributed by atoms with Crippen molar-refractivity contribution in [1.82, 2.24) is 10.6 Å². The maximum atomic E-state index is 12.0. The number of hydrogen-bond acceptors (Lipinski definition) is 2. The second kappa shape index (κ2) is 6.46. The summed E-state index contributed by atoms with van der Waals surface area (Å²) in [6, 6.07) is -0.444. The normalized spacial score (nSPS) is 28.9. The summed E-state index contributed by atoms with van der Waals surface area (Å²) in [6.45, 7) is 2.87. The minimum atomic E-state index is -0.789. The summed E-state index contributed by atoms with van der Waals surface area (Å²) in [5.41, 5.74) is 0.243. The molecule has 2 saturated carbocycles. The van der Waals surface area contributed by atoms with Crippen LogP contribution in [0.4, 0.5) is 4.79 Å². The molecule has 0 bridgehead atoms. The van der Waals surface area contributed by atoms with Crippen LogP contribution in [0.5, 0.6) is 0 Å². The van der Waals surface area contributed by atoms with Gasteiger partial charge in [-0.3, -0.25) is 4.79 Å². The summed E-state index contributed by atoms with van der Waals surface area (Å²) < 4.78 is 0. The van der Waals surface area contributed by atoms with E-state index in [-0.39, 0.29) is 17.5 Å². The molecular weight excluding hydrogens is 256 g/mol. The minimum Gasteiger partial charge on any atom is -0.481 e. The first-order chi connectivity index (χ1) is 9.50. The number of carboxylic acid groups (broad SMARTS) is 1. The van der Waals surface area contributed by atoms with Crippen molar-refractivity contribution in [2.24, 2.45) is 11.3 Å². The number of nitrogens with one attached hydrogen (secondary N) is 2. The van der Waals surface area contributed by atoms with E-state index in [0.717, 1.165) is 38.5 Å². The Bertz CT molecular complexity index is 366. The number of hydrogen-bond donors (Lipinski definition) is 3. The van der Waals surface area contributed by atoms with Gasteiger partial charge in [-0.05, 0) is 31.1 Å². The van der Waals surface area contributed by atoms with Gasteiger partial charge in [0.1, 0.15) is 0 Å². The van der Waals surface area contributed by atoms with Gasteiger partial charge in [0.15, 0.2) is 0 Å². The van der Waals surface area contributed by atoms with Crippen LogP contribution in [0.2, 0.25) is 0 Å². The molecule has 114 valence electrons. The fourth-order valence-corrected chi connectivity index (χ4v) is 3.25. The molecule has 0 aromatic carbocycles. The Morgan fingerprint density at radius 2 is 1.85 bits per heavy atom. The van der Waals surface area contributed by atoms with Crippen LogP contribution < -0.4 is 10.6 Å². The number of carbonyl (C=O) groups excluding carboxylic acids is 1. The Kier molecular flexibility index (Phi) is 4.89. The summed E-state index contributed by atoms with van der Waals surface area (Å²) >= 11 is 0. The maximum Gasteiger partial charge on any atom is 0.315 e. The number of rotatable bonds is 4. The molecule has 20 heavy (non-hydrogen) atoms. The molecule has 2 aliphatic rings. The Balaban J connectivity index is 1.82. The lowest BCUT2D eigenvalue weighted by Crippen LogP contribution is -2.50. The van der Waals surface area contributed by atoms with Crippen LogP contribution in [0.25, 0.3) is 0 Å². The van der Waals surface area contributed by atoms with Gasteiger partial charge in [0, 0.05) is 12.6 Å². The molecule has 0 spiro atoms. The highest BCUT2D eigenvalue weighted by atomic mass is 16.4. The van der Waals surface area contributed by atoms with E-state index in [1.165, 1.54) is 6.42 Å². The second-order valence-electron chi connectivity index (χ2n) is 6.68. The van der Waals surface area contributed by atoms with Gasteiger partial charge >= 0.3 is 12.0 Å². The number of carboxylic acids is 1. The van der Waals surface area contributed by atoms with Crippen molar-refractivity contribution < 1.29 is 14.7 Å². The van der Waals surface area contributed by atoms with E-state index in [1.807, 2.05) is 0 Å². The molecule has 5 nitrogen and oxygen atoms in total. The minimum absolute atomic E-state index is 0.212. The lowest BCUT2D eigenvalue weighted by Gasteiger charge is -2.38. The number of amides is 2. The zero-order valence-corrected chi connectivity index (χ0v) is 12.3. The van der Waals surface area contributed by atoms with Crippen LogP contribution in [0, 0.1) is 11.3 Å². The van der Waals surface area contributed by atoms with Gasteiger partial charge in [-0.15, -0.1) is 0 Å². The molecule has 0 radical (unpaired) electrons. The molecular formula is C15H26N2O3. The first-order valence-electron chi connectivity index (χ1n) is 7.77. The standard InChI is InChI=1S/C15H26N2O3/c1-15(8-5-9-15)10-16-14(20)17-12-7-4-2-3-6-11(12)13(18)19/h11-12H,2-10H2,1H3,(H,18,19)(H2,16,17,20). The van der Waals surface area contributed by atoms with E-state index in [9.17, 15) is 14.7 Å². The molecule has 0 saturated heterocycles. The summed E-state index contributed by atoms with van der Waals surface area (Å²) in [5.74, 6) is -1.23. The van der Waals surface area contributed by atoms with E-state index < -0.39 is 11.9 Å². The number of urea groups is 1. The fourth-order valence-electron chi connectivity index (χ4n) is 3.25. The Morgan fingerprint density at radius 1 is 1.15 bits per heavy atom. The second-order valence-corrected chi connectivity index (χ2v) is 6.68. The molecule has 5 heteroatoms. The van der Waals surface area contributed by atoms with Crippen LogP contribution in [-0.2, 0) is 4.79 Å². The van der Waals surface area contributed by atoms with Crippen molar-refractivity contribution in [2.45, 2.75) is 64.3 Å². The molecule has 0 aromatic rings. The molecule has 0 heterocycles. The van der Waals surface area contributed by atoms with Crippen LogP contribution in [0.15, 0.2) is 0 Å². The predicted molar refractivity (Wildman–Crippen MR) is 76.5 cm³/mol. The van der Waals surface area contributed by atoms with Crippen molar-refractivity contribution >= 4 is 12.0 Å². The maximum absolute atomic E-state index is 12.0. The number of carbonyl (C=O) groups is 2. The smallest absolute Gasteiger partial charge is 0.315 e. The van der Waals surface area contributed by atoms with Gasteiger partial charge in [-0.1, -0.05) is 32.6 Å². The van der Waals surface area contributed by atoms with Crippen LogP contribution >= 0.6 is 0 Å². The highest BCUT2D eigenvalue weighted by Gasteiger charge is 2.33. The van der Waals surface area contributed by atoms with Crippen molar-refractivity contribution in [1.29, 1.82) is 0 Å².